The number of likely N-dealkylation sites (N-methyl/N-ethyl adjacent to an activating group) is 1. The summed E-state index contributed by atoms with van der Waals surface area (Å²) in [7, 11) is 0. The average molecular weight is 236 g/mol. The minimum atomic E-state index is 0.364. The first kappa shape index (κ1) is 11.7. The maximum Gasteiger partial charge on any atom is 0.239 e. The number of H-pyrrole nitrogens is 1. The van der Waals surface area contributed by atoms with E-state index in [1.165, 1.54) is 6.33 Å². The van der Waals surface area contributed by atoms with Crippen molar-refractivity contribution in [3.63, 3.8) is 0 Å². The van der Waals surface area contributed by atoms with Crippen molar-refractivity contribution in [2.45, 2.75) is 32.7 Å². The van der Waals surface area contributed by atoms with E-state index in [2.05, 4.69) is 44.5 Å². The first-order chi connectivity index (χ1) is 8.33. The largest absolute Gasteiger partial charge is 0.339 e. The lowest BCUT2D eigenvalue weighted by Crippen LogP contribution is -2.30. The fourth-order valence-electron chi connectivity index (χ4n) is 1.61. The van der Waals surface area contributed by atoms with Gasteiger partial charge in [-0.05, 0) is 13.0 Å². The van der Waals surface area contributed by atoms with E-state index < -0.39 is 0 Å². The zero-order valence-corrected chi connectivity index (χ0v) is 9.97. The molecule has 1 atom stereocenters. The van der Waals surface area contributed by atoms with Gasteiger partial charge in [-0.15, -0.1) is 0 Å². The summed E-state index contributed by atoms with van der Waals surface area (Å²) in [5.74, 6) is 1.59. The molecule has 2 aromatic rings. The van der Waals surface area contributed by atoms with Gasteiger partial charge in [-0.3, -0.25) is 5.10 Å². The number of aromatic nitrogens is 5. The van der Waals surface area contributed by atoms with Crippen LogP contribution < -0.4 is 5.32 Å². The quantitative estimate of drug-likeness (QED) is 0.770. The number of nitrogens with zero attached hydrogens (tertiary/aromatic N) is 4. The second kappa shape index (κ2) is 5.53. The van der Waals surface area contributed by atoms with Crippen LogP contribution in [0.3, 0.4) is 0 Å². The fourth-order valence-corrected chi connectivity index (χ4v) is 1.61. The third-order valence-electron chi connectivity index (χ3n) is 2.50. The Hall–Kier alpha value is -1.76. The highest BCUT2D eigenvalue weighted by molar-refractivity contribution is 5.39. The van der Waals surface area contributed by atoms with Crippen molar-refractivity contribution < 1.29 is 4.52 Å². The first-order valence-electron chi connectivity index (χ1n) is 5.75. The third-order valence-corrected chi connectivity index (χ3v) is 2.50. The van der Waals surface area contributed by atoms with E-state index in [4.69, 9.17) is 4.52 Å². The van der Waals surface area contributed by atoms with Crippen LogP contribution in [0.2, 0.25) is 0 Å². The molecule has 0 amide bonds. The van der Waals surface area contributed by atoms with Gasteiger partial charge in [0.15, 0.2) is 5.82 Å². The van der Waals surface area contributed by atoms with Crippen LogP contribution in [0.4, 0.5) is 0 Å². The normalized spacial score (nSPS) is 12.8. The second-order valence-electron chi connectivity index (χ2n) is 3.71. The van der Waals surface area contributed by atoms with Crippen LogP contribution in [-0.4, -0.2) is 37.9 Å². The Balaban J connectivity index is 2.03. The van der Waals surface area contributed by atoms with Gasteiger partial charge in [0.2, 0.25) is 11.7 Å². The molecule has 92 valence electrons. The van der Waals surface area contributed by atoms with Crippen molar-refractivity contribution in [1.82, 2.24) is 30.6 Å². The van der Waals surface area contributed by atoms with E-state index in [0.717, 1.165) is 19.4 Å². The molecule has 7 heteroatoms. The molecular formula is C10H16N6O. The zero-order chi connectivity index (χ0) is 12.1. The van der Waals surface area contributed by atoms with Crippen LogP contribution in [0, 0.1) is 0 Å². The second-order valence-corrected chi connectivity index (χ2v) is 3.71. The SMILES string of the molecule is CCNC(CC)Cc1nc(-c2ncn[nH]2)no1. The summed E-state index contributed by atoms with van der Waals surface area (Å²) >= 11 is 0. The molecule has 2 aromatic heterocycles. The molecule has 0 radical (unpaired) electrons. The molecule has 17 heavy (non-hydrogen) atoms. The lowest BCUT2D eigenvalue weighted by atomic mass is 10.1. The molecule has 0 aliphatic heterocycles. The minimum absolute atomic E-state index is 0.364. The predicted octanol–water partition coefficient (Wildman–Crippen LogP) is 0.785. The number of aromatic amines is 1. The molecule has 0 spiro atoms. The smallest absolute Gasteiger partial charge is 0.239 e. The van der Waals surface area contributed by atoms with E-state index in [0.29, 0.717) is 23.6 Å². The van der Waals surface area contributed by atoms with E-state index in [1.807, 2.05) is 0 Å². The molecule has 7 nitrogen and oxygen atoms in total. The van der Waals surface area contributed by atoms with Crippen LogP contribution in [0.5, 0.6) is 0 Å². The van der Waals surface area contributed by atoms with Gasteiger partial charge >= 0.3 is 0 Å². The highest BCUT2D eigenvalue weighted by atomic mass is 16.5. The number of rotatable bonds is 6. The summed E-state index contributed by atoms with van der Waals surface area (Å²) in [6, 6.07) is 0.364. The third kappa shape index (κ3) is 2.88. The van der Waals surface area contributed by atoms with Gasteiger partial charge in [0, 0.05) is 12.5 Å². The van der Waals surface area contributed by atoms with E-state index in [9.17, 15) is 0 Å². The Bertz CT molecular complexity index is 437. The molecule has 0 saturated heterocycles. The molecular weight excluding hydrogens is 220 g/mol. The summed E-state index contributed by atoms with van der Waals surface area (Å²) < 4.78 is 5.18. The Kier molecular flexibility index (Phi) is 3.81. The molecule has 0 bridgehead atoms. The summed E-state index contributed by atoms with van der Waals surface area (Å²) in [5, 5.41) is 13.7. The van der Waals surface area contributed by atoms with Gasteiger partial charge in [0.25, 0.3) is 0 Å². The van der Waals surface area contributed by atoms with Crippen molar-refractivity contribution >= 4 is 0 Å². The molecule has 0 fully saturated rings. The topological polar surface area (TPSA) is 92.5 Å². The number of hydrogen-bond acceptors (Lipinski definition) is 6. The van der Waals surface area contributed by atoms with Gasteiger partial charge in [-0.25, -0.2) is 4.98 Å². The van der Waals surface area contributed by atoms with Gasteiger partial charge in [0.05, 0.1) is 0 Å². The predicted molar refractivity (Wildman–Crippen MR) is 61.1 cm³/mol. The molecule has 2 heterocycles. The molecule has 1 unspecified atom stereocenters. The fraction of sp³-hybridized carbons (Fsp3) is 0.600. The molecule has 0 aliphatic rings. The summed E-state index contributed by atoms with van der Waals surface area (Å²) in [6.07, 6.45) is 3.16. The lowest BCUT2D eigenvalue weighted by Gasteiger charge is -2.12. The number of hydrogen-bond donors (Lipinski definition) is 2. The van der Waals surface area contributed by atoms with Crippen LogP contribution in [0.1, 0.15) is 26.2 Å². The van der Waals surface area contributed by atoms with Crippen molar-refractivity contribution in [2.24, 2.45) is 0 Å². The van der Waals surface area contributed by atoms with Crippen LogP contribution >= 0.6 is 0 Å². The Morgan fingerprint density at radius 2 is 2.35 bits per heavy atom. The molecule has 0 aromatic carbocycles. The standard InChI is InChI=1S/C10H16N6O/c1-3-7(11-4-2)5-8-14-10(16-17-8)9-12-6-13-15-9/h6-7,11H,3-5H2,1-2H3,(H,12,13,15). The van der Waals surface area contributed by atoms with Crippen molar-refractivity contribution in [3.8, 4) is 11.6 Å². The van der Waals surface area contributed by atoms with Gasteiger partial charge in [0.1, 0.15) is 6.33 Å². The first-order valence-corrected chi connectivity index (χ1v) is 5.75. The molecule has 0 saturated carbocycles. The Morgan fingerprint density at radius 1 is 1.47 bits per heavy atom. The summed E-state index contributed by atoms with van der Waals surface area (Å²) in [4.78, 5) is 8.24. The van der Waals surface area contributed by atoms with Crippen molar-refractivity contribution in [3.05, 3.63) is 12.2 Å². The molecule has 2 rings (SSSR count). The Labute approximate surface area is 99.0 Å². The maximum absolute atomic E-state index is 5.18. The van der Waals surface area contributed by atoms with E-state index in [-0.39, 0.29) is 0 Å². The zero-order valence-electron chi connectivity index (χ0n) is 9.97. The van der Waals surface area contributed by atoms with E-state index in [1.54, 1.807) is 0 Å². The Morgan fingerprint density at radius 3 is 3.00 bits per heavy atom. The van der Waals surface area contributed by atoms with E-state index >= 15 is 0 Å². The highest BCUT2D eigenvalue weighted by Gasteiger charge is 2.14. The van der Waals surface area contributed by atoms with Gasteiger partial charge in [-0.1, -0.05) is 19.0 Å². The molecule has 0 aliphatic carbocycles. The van der Waals surface area contributed by atoms with Crippen molar-refractivity contribution in [1.29, 1.82) is 0 Å². The average Bonchev–Trinajstić information content (AvgIpc) is 2.98. The minimum Gasteiger partial charge on any atom is -0.339 e. The maximum atomic E-state index is 5.18. The molecule has 2 N–H and O–H groups in total. The summed E-state index contributed by atoms with van der Waals surface area (Å²) in [6.45, 7) is 5.14. The van der Waals surface area contributed by atoms with Crippen molar-refractivity contribution in [2.75, 3.05) is 6.54 Å². The number of nitrogens with one attached hydrogen (secondary N) is 2. The van der Waals surface area contributed by atoms with Crippen LogP contribution in [0.25, 0.3) is 11.6 Å². The van der Waals surface area contributed by atoms with Crippen LogP contribution in [0.15, 0.2) is 10.9 Å². The summed E-state index contributed by atoms with van der Waals surface area (Å²) in [5.41, 5.74) is 0. The van der Waals surface area contributed by atoms with Gasteiger partial charge < -0.3 is 9.84 Å². The van der Waals surface area contributed by atoms with Crippen LogP contribution in [-0.2, 0) is 6.42 Å². The lowest BCUT2D eigenvalue weighted by molar-refractivity contribution is 0.355. The van der Waals surface area contributed by atoms with Gasteiger partial charge in [-0.2, -0.15) is 10.1 Å². The monoisotopic (exact) mass is 236 g/mol. The highest BCUT2D eigenvalue weighted by Crippen LogP contribution is 2.10.